The molecule has 20 heavy (non-hydrogen) atoms. The monoisotopic (exact) mass is 281 g/mol. The topological polar surface area (TPSA) is 64.6 Å². The highest BCUT2D eigenvalue weighted by atomic mass is 19.1. The Morgan fingerprint density at radius 2 is 2.25 bits per heavy atom. The molecule has 2 rings (SSSR count). The highest BCUT2D eigenvalue weighted by molar-refractivity contribution is 5.69. The van der Waals surface area contributed by atoms with E-state index < -0.39 is 5.97 Å². The quantitative estimate of drug-likeness (QED) is 0.745. The Kier molecular flexibility index (Phi) is 5.31. The Hall–Kier alpha value is -1.66. The smallest absolute Gasteiger partial charge is 0.317 e. The van der Waals surface area contributed by atoms with E-state index in [0.29, 0.717) is 12.2 Å². The van der Waals surface area contributed by atoms with E-state index in [9.17, 15) is 9.18 Å². The van der Waals surface area contributed by atoms with Gasteiger partial charge >= 0.3 is 5.97 Å². The third-order valence-electron chi connectivity index (χ3n) is 3.30. The second kappa shape index (κ2) is 7.21. The molecule has 0 bridgehead atoms. The van der Waals surface area contributed by atoms with Crippen LogP contribution in [0.1, 0.15) is 12.0 Å². The summed E-state index contributed by atoms with van der Waals surface area (Å²) in [6.07, 6.45) is 0.987. The van der Waals surface area contributed by atoms with Gasteiger partial charge in [0.2, 0.25) is 0 Å². The zero-order chi connectivity index (χ0) is 14.4. The Labute approximate surface area is 117 Å². The number of nitrogens with zero attached hydrogens (tertiary/aromatic N) is 1. The Morgan fingerprint density at radius 1 is 1.40 bits per heavy atom. The molecule has 0 atom stereocenters. The van der Waals surface area contributed by atoms with Crippen molar-refractivity contribution in [2.24, 2.45) is 0 Å². The molecule has 1 heterocycles. The normalized spacial score (nSPS) is 15.9. The number of rotatable bonds is 5. The van der Waals surface area contributed by atoms with Gasteiger partial charge < -0.3 is 20.6 Å². The highest BCUT2D eigenvalue weighted by Gasteiger charge is 2.14. The number of aliphatic carboxylic acids is 1. The van der Waals surface area contributed by atoms with E-state index in [4.69, 9.17) is 5.11 Å². The van der Waals surface area contributed by atoms with Crippen LogP contribution >= 0.6 is 0 Å². The number of hydrogen-bond acceptors (Lipinski definition) is 4. The van der Waals surface area contributed by atoms with Gasteiger partial charge in [0.05, 0.1) is 12.2 Å². The van der Waals surface area contributed by atoms with Gasteiger partial charge in [0, 0.05) is 26.2 Å². The first kappa shape index (κ1) is 14.7. The van der Waals surface area contributed by atoms with Crippen molar-refractivity contribution in [1.82, 2.24) is 10.6 Å². The molecule has 0 radical (unpaired) electrons. The van der Waals surface area contributed by atoms with Crippen LogP contribution in [0.2, 0.25) is 0 Å². The summed E-state index contributed by atoms with van der Waals surface area (Å²) < 4.78 is 14.0. The van der Waals surface area contributed by atoms with E-state index >= 15 is 0 Å². The molecule has 1 aromatic rings. The summed E-state index contributed by atoms with van der Waals surface area (Å²) in [4.78, 5) is 12.5. The third kappa shape index (κ3) is 4.18. The van der Waals surface area contributed by atoms with Crippen LogP contribution in [0.3, 0.4) is 0 Å². The summed E-state index contributed by atoms with van der Waals surface area (Å²) in [5.74, 6) is -1.13. The van der Waals surface area contributed by atoms with Gasteiger partial charge in [-0.05, 0) is 30.7 Å². The molecule has 0 unspecified atom stereocenters. The van der Waals surface area contributed by atoms with Crippen molar-refractivity contribution in [3.8, 4) is 0 Å². The molecule has 1 aromatic carbocycles. The first-order valence-corrected chi connectivity index (χ1v) is 6.83. The fourth-order valence-electron chi connectivity index (χ4n) is 2.31. The second-order valence-corrected chi connectivity index (χ2v) is 4.87. The highest BCUT2D eigenvalue weighted by Crippen LogP contribution is 2.21. The zero-order valence-corrected chi connectivity index (χ0v) is 11.4. The fourth-order valence-corrected chi connectivity index (χ4v) is 2.31. The second-order valence-electron chi connectivity index (χ2n) is 4.87. The fraction of sp³-hybridized carbons (Fsp3) is 0.500. The lowest BCUT2D eigenvalue weighted by atomic mass is 10.1. The predicted octanol–water partition coefficient (Wildman–Crippen LogP) is 0.800. The van der Waals surface area contributed by atoms with Crippen LogP contribution < -0.4 is 15.5 Å². The summed E-state index contributed by atoms with van der Waals surface area (Å²) in [6, 6.07) is 4.94. The maximum absolute atomic E-state index is 14.0. The lowest BCUT2D eigenvalue weighted by molar-refractivity contribution is -0.135. The minimum Gasteiger partial charge on any atom is -0.480 e. The predicted molar refractivity (Wildman–Crippen MR) is 75.4 cm³/mol. The number of carboxylic acid groups (broad SMARTS) is 1. The number of nitrogens with one attached hydrogen (secondary N) is 2. The largest absolute Gasteiger partial charge is 0.480 e. The molecule has 6 heteroatoms. The molecule has 1 aliphatic rings. The van der Waals surface area contributed by atoms with Crippen LogP contribution in [-0.2, 0) is 11.3 Å². The molecular weight excluding hydrogens is 261 g/mol. The molecule has 0 aromatic heterocycles. The van der Waals surface area contributed by atoms with Gasteiger partial charge in [0.25, 0.3) is 0 Å². The van der Waals surface area contributed by atoms with Crippen molar-refractivity contribution in [3.63, 3.8) is 0 Å². The van der Waals surface area contributed by atoms with Gasteiger partial charge in [0.15, 0.2) is 0 Å². The van der Waals surface area contributed by atoms with E-state index in [1.54, 1.807) is 12.1 Å². The number of benzene rings is 1. The van der Waals surface area contributed by atoms with Crippen molar-refractivity contribution in [2.45, 2.75) is 13.0 Å². The molecule has 1 fully saturated rings. The van der Waals surface area contributed by atoms with Gasteiger partial charge in [-0.15, -0.1) is 0 Å². The minimum atomic E-state index is -0.897. The van der Waals surface area contributed by atoms with Gasteiger partial charge in [-0.2, -0.15) is 0 Å². The molecule has 0 saturated carbocycles. The van der Waals surface area contributed by atoms with E-state index in [1.165, 1.54) is 6.07 Å². The molecule has 0 spiro atoms. The Balaban J connectivity index is 2.05. The van der Waals surface area contributed by atoms with Crippen molar-refractivity contribution >= 4 is 11.7 Å². The first-order chi connectivity index (χ1) is 9.66. The number of halogens is 1. The van der Waals surface area contributed by atoms with Crippen LogP contribution in [0.4, 0.5) is 10.1 Å². The standard InChI is InChI=1S/C14H20FN3O2/c15-12-3-2-11(9-17-10-14(19)20)8-13(12)18-6-1-4-16-5-7-18/h2-3,8,16-17H,1,4-7,9-10H2,(H,19,20). The molecule has 110 valence electrons. The first-order valence-electron chi connectivity index (χ1n) is 6.83. The molecule has 3 N–H and O–H groups in total. The number of hydrogen-bond donors (Lipinski definition) is 3. The van der Waals surface area contributed by atoms with Crippen molar-refractivity contribution in [2.75, 3.05) is 37.6 Å². The molecular formula is C14H20FN3O2. The maximum Gasteiger partial charge on any atom is 0.317 e. The Bertz CT molecular complexity index is 460. The summed E-state index contributed by atoms with van der Waals surface area (Å²) in [5, 5.41) is 14.7. The SMILES string of the molecule is O=C(O)CNCc1ccc(F)c(N2CCCNCC2)c1. The summed E-state index contributed by atoms with van der Waals surface area (Å²) in [7, 11) is 0. The van der Waals surface area contributed by atoms with E-state index in [-0.39, 0.29) is 12.4 Å². The number of carboxylic acids is 1. The molecule has 5 nitrogen and oxygen atoms in total. The van der Waals surface area contributed by atoms with Crippen LogP contribution in [0.15, 0.2) is 18.2 Å². The van der Waals surface area contributed by atoms with Crippen molar-refractivity contribution in [3.05, 3.63) is 29.6 Å². The summed E-state index contributed by atoms with van der Waals surface area (Å²) in [5.41, 5.74) is 1.49. The lowest BCUT2D eigenvalue weighted by Crippen LogP contribution is -2.29. The van der Waals surface area contributed by atoms with E-state index in [1.807, 2.05) is 4.90 Å². The van der Waals surface area contributed by atoms with Crippen molar-refractivity contribution in [1.29, 1.82) is 0 Å². The molecule has 0 aliphatic carbocycles. The molecule has 1 aliphatic heterocycles. The zero-order valence-electron chi connectivity index (χ0n) is 11.4. The molecule has 0 amide bonds. The molecule has 1 saturated heterocycles. The van der Waals surface area contributed by atoms with Crippen LogP contribution in [-0.4, -0.2) is 43.8 Å². The van der Waals surface area contributed by atoms with E-state index in [2.05, 4.69) is 10.6 Å². The lowest BCUT2D eigenvalue weighted by Gasteiger charge is -2.23. The average molecular weight is 281 g/mol. The summed E-state index contributed by atoms with van der Waals surface area (Å²) >= 11 is 0. The minimum absolute atomic E-state index is 0.0969. The number of carbonyl (C=O) groups is 1. The Morgan fingerprint density at radius 3 is 3.05 bits per heavy atom. The van der Waals surface area contributed by atoms with Gasteiger partial charge in [-0.25, -0.2) is 4.39 Å². The third-order valence-corrected chi connectivity index (χ3v) is 3.30. The van der Waals surface area contributed by atoms with Crippen LogP contribution in [0, 0.1) is 5.82 Å². The van der Waals surface area contributed by atoms with Crippen molar-refractivity contribution < 1.29 is 14.3 Å². The van der Waals surface area contributed by atoms with Crippen LogP contribution in [0.5, 0.6) is 0 Å². The number of anilines is 1. The average Bonchev–Trinajstić information content (AvgIpc) is 2.69. The van der Waals surface area contributed by atoms with Gasteiger partial charge in [-0.1, -0.05) is 6.07 Å². The van der Waals surface area contributed by atoms with Crippen LogP contribution in [0.25, 0.3) is 0 Å². The summed E-state index contributed by atoms with van der Waals surface area (Å²) in [6.45, 7) is 3.74. The van der Waals surface area contributed by atoms with Gasteiger partial charge in [0.1, 0.15) is 5.82 Å². The maximum atomic E-state index is 14.0. The van der Waals surface area contributed by atoms with Gasteiger partial charge in [-0.3, -0.25) is 4.79 Å². The van der Waals surface area contributed by atoms with E-state index in [0.717, 1.165) is 38.2 Å².